The first-order valence-corrected chi connectivity index (χ1v) is 6.70. The molecule has 0 unspecified atom stereocenters. The van der Waals surface area contributed by atoms with Crippen molar-refractivity contribution < 1.29 is 0 Å². The van der Waals surface area contributed by atoms with Crippen molar-refractivity contribution in [3.8, 4) is 0 Å². The predicted octanol–water partition coefficient (Wildman–Crippen LogP) is 2.16. The van der Waals surface area contributed by atoms with Crippen molar-refractivity contribution in [1.29, 1.82) is 0 Å². The molecule has 0 aromatic carbocycles. The molecule has 2 heterocycles. The minimum atomic E-state index is 0.373. The third-order valence-corrected chi connectivity index (χ3v) is 3.64. The van der Waals surface area contributed by atoms with Gasteiger partial charge in [0.15, 0.2) is 0 Å². The molecule has 0 aliphatic carbocycles. The summed E-state index contributed by atoms with van der Waals surface area (Å²) in [4.78, 5) is 2.46. The summed E-state index contributed by atoms with van der Waals surface area (Å²) >= 11 is 0. The number of hydrogen-bond acceptors (Lipinski definition) is 3. The van der Waals surface area contributed by atoms with Gasteiger partial charge in [0.05, 0.1) is 5.70 Å². The van der Waals surface area contributed by atoms with Crippen molar-refractivity contribution in [2.24, 2.45) is 5.73 Å². The lowest BCUT2D eigenvalue weighted by molar-refractivity contribution is 0.200. The molecule has 4 heteroatoms. The highest BCUT2D eigenvalue weighted by molar-refractivity contribution is 5.61. The van der Waals surface area contributed by atoms with E-state index in [1.54, 1.807) is 0 Å². The van der Waals surface area contributed by atoms with E-state index in [-0.39, 0.29) is 0 Å². The van der Waals surface area contributed by atoms with Crippen LogP contribution >= 0.6 is 0 Å². The van der Waals surface area contributed by atoms with Gasteiger partial charge in [0.25, 0.3) is 0 Å². The van der Waals surface area contributed by atoms with Crippen LogP contribution in [0.25, 0.3) is 5.70 Å². The minimum Gasteiger partial charge on any atom is -0.397 e. The van der Waals surface area contributed by atoms with Crippen LogP contribution in [0, 0.1) is 0 Å². The minimum absolute atomic E-state index is 0.373. The van der Waals surface area contributed by atoms with Crippen molar-refractivity contribution >= 4 is 5.70 Å². The summed E-state index contributed by atoms with van der Waals surface area (Å²) in [6, 6.07) is 0.928. The van der Waals surface area contributed by atoms with Crippen molar-refractivity contribution in [3.63, 3.8) is 0 Å². The van der Waals surface area contributed by atoms with Crippen LogP contribution in [-0.4, -0.2) is 27.3 Å². The fourth-order valence-corrected chi connectivity index (χ4v) is 2.59. The maximum Gasteiger partial charge on any atom is 0.112 e. The molecule has 0 amide bonds. The fourth-order valence-electron chi connectivity index (χ4n) is 2.59. The van der Waals surface area contributed by atoms with E-state index in [0.717, 1.165) is 25.2 Å². The Kier molecular flexibility index (Phi) is 3.48. The lowest BCUT2D eigenvalue weighted by Gasteiger charge is -2.31. The van der Waals surface area contributed by atoms with E-state index in [0.29, 0.717) is 17.8 Å². The maximum absolute atomic E-state index is 5.88. The van der Waals surface area contributed by atoms with Gasteiger partial charge in [0, 0.05) is 42.9 Å². The monoisotopic (exact) mass is 248 g/mol. The highest BCUT2D eigenvalue weighted by Crippen LogP contribution is 2.28. The first kappa shape index (κ1) is 13.1. The SMILES string of the molecule is C=C(N)c1nn(C(C)C)c2c1CN(C(C)C)CC2. The zero-order valence-electron chi connectivity index (χ0n) is 11.9. The Labute approximate surface area is 109 Å². The first-order valence-electron chi connectivity index (χ1n) is 6.70. The molecule has 0 spiro atoms. The number of hydrogen-bond donors (Lipinski definition) is 1. The molecule has 0 atom stereocenters. The largest absolute Gasteiger partial charge is 0.397 e. The summed E-state index contributed by atoms with van der Waals surface area (Å²) in [6.07, 6.45) is 1.05. The molecule has 1 aromatic rings. The van der Waals surface area contributed by atoms with Crippen LogP contribution in [0.15, 0.2) is 6.58 Å². The highest BCUT2D eigenvalue weighted by atomic mass is 15.3. The average molecular weight is 248 g/mol. The van der Waals surface area contributed by atoms with Gasteiger partial charge in [-0.25, -0.2) is 0 Å². The molecule has 100 valence electrons. The molecule has 0 saturated heterocycles. The van der Waals surface area contributed by atoms with E-state index in [9.17, 15) is 0 Å². The van der Waals surface area contributed by atoms with Crippen LogP contribution in [0.3, 0.4) is 0 Å². The van der Waals surface area contributed by atoms with Gasteiger partial charge in [0.1, 0.15) is 5.69 Å². The van der Waals surface area contributed by atoms with E-state index in [4.69, 9.17) is 5.73 Å². The van der Waals surface area contributed by atoms with Crippen molar-refractivity contribution in [1.82, 2.24) is 14.7 Å². The summed E-state index contributed by atoms with van der Waals surface area (Å²) in [7, 11) is 0. The van der Waals surface area contributed by atoms with Crippen LogP contribution in [0.4, 0.5) is 0 Å². The number of fused-ring (bicyclic) bond motifs is 1. The number of nitrogens with two attached hydrogens (primary N) is 1. The van der Waals surface area contributed by atoms with Crippen molar-refractivity contribution in [2.45, 2.75) is 52.7 Å². The Balaban J connectivity index is 2.44. The van der Waals surface area contributed by atoms with Gasteiger partial charge in [0.2, 0.25) is 0 Å². The Bertz CT molecular complexity index is 457. The molecule has 1 aliphatic heterocycles. The zero-order valence-corrected chi connectivity index (χ0v) is 11.9. The molecule has 2 rings (SSSR count). The van der Waals surface area contributed by atoms with Crippen LogP contribution in [0.1, 0.15) is 50.7 Å². The van der Waals surface area contributed by atoms with Crippen LogP contribution in [-0.2, 0) is 13.0 Å². The van der Waals surface area contributed by atoms with Crippen LogP contribution < -0.4 is 5.73 Å². The third kappa shape index (κ3) is 2.17. The number of aromatic nitrogens is 2. The molecule has 4 nitrogen and oxygen atoms in total. The normalized spacial score (nSPS) is 16.3. The van der Waals surface area contributed by atoms with Gasteiger partial charge in [-0.15, -0.1) is 0 Å². The maximum atomic E-state index is 5.88. The Morgan fingerprint density at radius 3 is 2.44 bits per heavy atom. The van der Waals surface area contributed by atoms with E-state index >= 15 is 0 Å². The lowest BCUT2D eigenvalue weighted by atomic mass is 10.0. The van der Waals surface area contributed by atoms with Gasteiger partial charge in [-0.3, -0.25) is 9.58 Å². The quantitative estimate of drug-likeness (QED) is 0.891. The summed E-state index contributed by atoms with van der Waals surface area (Å²) in [5, 5.41) is 4.65. The molecule has 0 fully saturated rings. The number of rotatable bonds is 3. The Hall–Kier alpha value is -1.29. The highest BCUT2D eigenvalue weighted by Gasteiger charge is 2.27. The fraction of sp³-hybridized carbons (Fsp3) is 0.643. The second kappa shape index (κ2) is 4.76. The molecule has 1 aliphatic rings. The molecule has 0 radical (unpaired) electrons. The zero-order chi connectivity index (χ0) is 13.4. The summed E-state index contributed by atoms with van der Waals surface area (Å²) in [5.74, 6) is 0. The van der Waals surface area contributed by atoms with E-state index < -0.39 is 0 Å². The van der Waals surface area contributed by atoms with Gasteiger partial charge in [-0.2, -0.15) is 5.10 Å². The average Bonchev–Trinajstić information content (AvgIpc) is 2.67. The van der Waals surface area contributed by atoms with Crippen molar-refractivity contribution in [2.75, 3.05) is 6.54 Å². The smallest absolute Gasteiger partial charge is 0.112 e. The molecule has 18 heavy (non-hydrogen) atoms. The molecular formula is C14H24N4. The second-order valence-electron chi connectivity index (χ2n) is 5.65. The lowest BCUT2D eigenvalue weighted by Crippen LogP contribution is -2.36. The van der Waals surface area contributed by atoms with Gasteiger partial charge < -0.3 is 5.73 Å². The van der Waals surface area contributed by atoms with E-state index in [1.165, 1.54) is 11.3 Å². The topological polar surface area (TPSA) is 47.1 Å². The molecular weight excluding hydrogens is 224 g/mol. The van der Waals surface area contributed by atoms with Gasteiger partial charge >= 0.3 is 0 Å². The Morgan fingerprint density at radius 2 is 1.94 bits per heavy atom. The molecule has 0 saturated carbocycles. The van der Waals surface area contributed by atoms with Gasteiger partial charge in [-0.1, -0.05) is 6.58 Å². The van der Waals surface area contributed by atoms with Crippen LogP contribution in [0.5, 0.6) is 0 Å². The summed E-state index contributed by atoms with van der Waals surface area (Å²) < 4.78 is 2.11. The first-order chi connectivity index (χ1) is 8.41. The molecule has 0 bridgehead atoms. The Morgan fingerprint density at radius 1 is 1.28 bits per heavy atom. The number of nitrogens with zero attached hydrogens (tertiary/aromatic N) is 3. The second-order valence-corrected chi connectivity index (χ2v) is 5.65. The van der Waals surface area contributed by atoms with E-state index in [1.807, 2.05) is 0 Å². The summed E-state index contributed by atoms with van der Waals surface area (Å²) in [5.41, 5.74) is 9.97. The summed E-state index contributed by atoms with van der Waals surface area (Å²) in [6.45, 7) is 14.7. The molecule has 1 aromatic heterocycles. The van der Waals surface area contributed by atoms with Crippen molar-refractivity contribution in [3.05, 3.63) is 23.5 Å². The van der Waals surface area contributed by atoms with E-state index in [2.05, 4.69) is 49.0 Å². The molecule has 2 N–H and O–H groups in total. The standard InChI is InChI=1S/C14H24N4/c1-9(2)17-7-6-13-12(8-17)14(11(5)15)16-18(13)10(3)4/h9-10H,5-8,15H2,1-4H3. The van der Waals surface area contributed by atoms with Crippen LogP contribution in [0.2, 0.25) is 0 Å². The third-order valence-electron chi connectivity index (χ3n) is 3.64. The predicted molar refractivity (Wildman–Crippen MR) is 75.1 cm³/mol. The van der Waals surface area contributed by atoms with Gasteiger partial charge in [-0.05, 0) is 27.7 Å².